The summed E-state index contributed by atoms with van der Waals surface area (Å²) < 4.78 is 1.63. The highest BCUT2D eigenvalue weighted by atomic mass is 16.3. The van der Waals surface area contributed by atoms with Gasteiger partial charge in [0.2, 0.25) is 0 Å². The molecule has 5 heteroatoms. The molecule has 0 fully saturated rings. The third-order valence-corrected chi connectivity index (χ3v) is 2.62. The summed E-state index contributed by atoms with van der Waals surface area (Å²) in [6, 6.07) is 6.99. The predicted molar refractivity (Wildman–Crippen MR) is 62.1 cm³/mol. The lowest BCUT2D eigenvalue weighted by Gasteiger charge is -1.99. The van der Waals surface area contributed by atoms with Gasteiger partial charge in [0.15, 0.2) is 11.5 Å². The Labute approximate surface area is 91.1 Å². The molecular weight excluding hydrogens is 204 g/mol. The van der Waals surface area contributed by atoms with E-state index in [9.17, 15) is 5.11 Å². The summed E-state index contributed by atoms with van der Waals surface area (Å²) in [6.45, 7) is 0. The summed E-state index contributed by atoms with van der Waals surface area (Å²) in [6.07, 6.45) is 0. The first kappa shape index (κ1) is 8.96. The zero-order valence-electron chi connectivity index (χ0n) is 8.68. The highest BCUT2D eigenvalue weighted by Gasteiger charge is 2.08. The second-order valence-corrected chi connectivity index (χ2v) is 3.75. The lowest BCUT2D eigenvalue weighted by Crippen LogP contribution is -1.92. The molecule has 16 heavy (non-hydrogen) atoms. The molecule has 0 radical (unpaired) electrons. The number of phenols is 1. The number of nitrogens with two attached hydrogens (primary N) is 1. The van der Waals surface area contributed by atoms with Gasteiger partial charge in [-0.05, 0) is 18.2 Å². The largest absolute Gasteiger partial charge is 0.508 e. The molecule has 80 valence electrons. The number of benzene rings is 1. The Balaban J connectivity index is 2.51. The van der Waals surface area contributed by atoms with Crippen molar-refractivity contribution in [3.8, 4) is 5.75 Å². The average Bonchev–Trinajstić information content (AvgIpc) is 2.52. The van der Waals surface area contributed by atoms with E-state index in [-0.39, 0.29) is 5.75 Å². The van der Waals surface area contributed by atoms with Crippen molar-refractivity contribution < 1.29 is 5.11 Å². The fourth-order valence-electron chi connectivity index (χ4n) is 1.84. The van der Waals surface area contributed by atoms with Crippen LogP contribution in [0.5, 0.6) is 5.75 Å². The fraction of sp³-hybridized carbons (Fsp3) is 0.0909. The average molecular weight is 214 g/mol. The second kappa shape index (κ2) is 2.85. The Kier molecular flexibility index (Phi) is 1.60. The molecule has 0 bridgehead atoms. The molecule has 3 rings (SSSR count). The van der Waals surface area contributed by atoms with E-state index in [2.05, 4.69) is 10.1 Å². The molecule has 0 amide bonds. The summed E-state index contributed by atoms with van der Waals surface area (Å²) in [5.41, 5.74) is 7.23. The van der Waals surface area contributed by atoms with Crippen molar-refractivity contribution in [1.82, 2.24) is 14.8 Å². The minimum absolute atomic E-state index is 0.203. The number of aryl methyl sites for hydroxylation is 1. The zero-order chi connectivity index (χ0) is 11.3. The maximum Gasteiger partial charge on any atom is 0.160 e. The lowest BCUT2D eigenvalue weighted by atomic mass is 10.2. The molecule has 0 aliphatic carbocycles. The maximum absolute atomic E-state index is 9.39. The molecule has 0 aliphatic rings. The molecule has 0 spiro atoms. The van der Waals surface area contributed by atoms with Crippen LogP contribution in [0.2, 0.25) is 0 Å². The van der Waals surface area contributed by atoms with Crippen LogP contribution >= 0.6 is 0 Å². The Morgan fingerprint density at radius 3 is 2.94 bits per heavy atom. The molecule has 2 aromatic heterocycles. The van der Waals surface area contributed by atoms with Crippen LogP contribution in [0.1, 0.15) is 0 Å². The van der Waals surface area contributed by atoms with Crippen LogP contribution in [0.4, 0.5) is 5.82 Å². The Bertz CT molecular complexity index is 702. The molecule has 0 aliphatic heterocycles. The first-order valence-electron chi connectivity index (χ1n) is 4.87. The highest BCUT2D eigenvalue weighted by Crippen LogP contribution is 2.25. The van der Waals surface area contributed by atoms with Gasteiger partial charge in [-0.3, -0.25) is 0 Å². The number of rotatable bonds is 0. The Morgan fingerprint density at radius 2 is 2.12 bits per heavy atom. The molecule has 2 heterocycles. The topological polar surface area (TPSA) is 77.0 Å². The minimum Gasteiger partial charge on any atom is -0.508 e. The lowest BCUT2D eigenvalue weighted by molar-refractivity contribution is 0.476. The summed E-state index contributed by atoms with van der Waals surface area (Å²) in [5.74, 6) is 0.675. The number of nitrogens with zero attached hydrogens (tertiary/aromatic N) is 3. The molecule has 5 nitrogen and oxygen atoms in total. The van der Waals surface area contributed by atoms with E-state index < -0.39 is 0 Å². The van der Waals surface area contributed by atoms with E-state index in [1.54, 1.807) is 23.9 Å². The van der Waals surface area contributed by atoms with E-state index >= 15 is 0 Å². The molecule has 0 unspecified atom stereocenters. The van der Waals surface area contributed by atoms with Crippen molar-refractivity contribution in [3.05, 3.63) is 24.3 Å². The van der Waals surface area contributed by atoms with Gasteiger partial charge in [-0.2, -0.15) is 5.10 Å². The SMILES string of the molecule is Cn1nc(N)c2cc3ccc(O)cc3nc21. The maximum atomic E-state index is 9.39. The second-order valence-electron chi connectivity index (χ2n) is 3.75. The Hall–Kier alpha value is -2.30. The van der Waals surface area contributed by atoms with E-state index in [1.165, 1.54) is 0 Å². The quantitative estimate of drug-likeness (QED) is 0.593. The molecular formula is C11H10N4O. The monoisotopic (exact) mass is 214 g/mol. The van der Waals surface area contributed by atoms with Crippen molar-refractivity contribution in [1.29, 1.82) is 0 Å². The number of pyridine rings is 1. The van der Waals surface area contributed by atoms with Gasteiger partial charge in [-0.25, -0.2) is 9.67 Å². The van der Waals surface area contributed by atoms with E-state index in [1.807, 2.05) is 12.1 Å². The van der Waals surface area contributed by atoms with Crippen LogP contribution in [-0.4, -0.2) is 19.9 Å². The van der Waals surface area contributed by atoms with Gasteiger partial charge in [0, 0.05) is 18.5 Å². The number of nitrogen functional groups attached to an aromatic ring is 1. The Morgan fingerprint density at radius 1 is 1.31 bits per heavy atom. The summed E-state index contributed by atoms with van der Waals surface area (Å²) in [7, 11) is 1.79. The number of aromatic hydroxyl groups is 1. The first-order chi connectivity index (χ1) is 7.65. The third kappa shape index (κ3) is 1.11. The molecule has 0 atom stereocenters. The van der Waals surface area contributed by atoms with Gasteiger partial charge in [0.1, 0.15) is 5.75 Å². The number of fused-ring (bicyclic) bond motifs is 2. The van der Waals surface area contributed by atoms with Crippen LogP contribution in [0.25, 0.3) is 21.9 Å². The standard InChI is InChI=1S/C11H10N4O/c1-15-11-8(10(12)14-15)4-6-2-3-7(16)5-9(6)13-11/h2-5,16H,1H3,(H2,12,14). The van der Waals surface area contributed by atoms with Crippen molar-refractivity contribution in [2.75, 3.05) is 5.73 Å². The van der Waals surface area contributed by atoms with Crippen LogP contribution < -0.4 is 5.73 Å². The summed E-state index contributed by atoms with van der Waals surface area (Å²) >= 11 is 0. The van der Waals surface area contributed by atoms with Crippen LogP contribution in [0.15, 0.2) is 24.3 Å². The van der Waals surface area contributed by atoms with Crippen molar-refractivity contribution in [2.45, 2.75) is 0 Å². The predicted octanol–water partition coefficient (Wildman–Crippen LogP) is 1.41. The zero-order valence-corrected chi connectivity index (χ0v) is 8.68. The van der Waals surface area contributed by atoms with Gasteiger partial charge in [-0.15, -0.1) is 0 Å². The number of phenolic OH excluding ortho intramolecular Hbond substituents is 1. The number of hydrogen-bond donors (Lipinski definition) is 2. The van der Waals surface area contributed by atoms with Crippen molar-refractivity contribution >= 4 is 27.8 Å². The molecule has 0 saturated heterocycles. The minimum atomic E-state index is 0.203. The van der Waals surface area contributed by atoms with Crippen molar-refractivity contribution in [2.24, 2.45) is 7.05 Å². The van der Waals surface area contributed by atoms with Crippen LogP contribution in [0.3, 0.4) is 0 Å². The molecule has 3 aromatic rings. The van der Waals surface area contributed by atoms with Crippen LogP contribution in [-0.2, 0) is 7.05 Å². The highest BCUT2D eigenvalue weighted by molar-refractivity contribution is 5.96. The number of anilines is 1. The normalized spacial score (nSPS) is 11.3. The number of aromatic nitrogens is 3. The third-order valence-electron chi connectivity index (χ3n) is 2.62. The smallest absolute Gasteiger partial charge is 0.160 e. The molecule has 1 aromatic carbocycles. The van der Waals surface area contributed by atoms with E-state index in [4.69, 9.17) is 5.73 Å². The number of hydrogen-bond acceptors (Lipinski definition) is 4. The van der Waals surface area contributed by atoms with Crippen LogP contribution in [0, 0.1) is 0 Å². The van der Waals surface area contributed by atoms with Gasteiger partial charge < -0.3 is 10.8 Å². The molecule has 0 saturated carbocycles. The molecule has 3 N–H and O–H groups in total. The van der Waals surface area contributed by atoms with Gasteiger partial charge >= 0.3 is 0 Å². The van der Waals surface area contributed by atoms with E-state index in [0.29, 0.717) is 5.82 Å². The van der Waals surface area contributed by atoms with Crippen molar-refractivity contribution in [3.63, 3.8) is 0 Å². The summed E-state index contributed by atoms with van der Waals surface area (Å²) in [5, 5.41) is 15.3. The summed E-state index contributed by atoms with van der Waals surface area (Å²) in [4.78, 5) is 4.42. The van der Waals surface area contributed by atoms with E-state index in [0.717, 1.165) is 21.9 Å². The van der Waals surface area contributed by atoms with Gasteiger partial charge in [0.25, 0.3) is 0 Å². The van der Waals surface area contributed by atoms with Gasteiger partial charge in [0.05, 0.1) is 10.9 Å². The first-order valence-corrected chi connectivity index (χ1v) is 4.87. The van der Waals surface area contributed by atoms with Gasteiger partial charge in [-0.1, -0.05) is 0 Å². The fourth-order valence-corrected chi connectivity index (χ4v) is 1.84.